The Labute approximate surface area is 138 Å². The predicted octanol–water partition coefficient (Wildman–Crippen LogP) is -0.975. The molecular weight excluding hydrogens is 320 g/mol. The van der Waals surface area contributed by atoms with Crippen LogP contribution in [0.15, 0.2) is 30.6 Å². The van der Waals surface area contributed by atoms with Crippen LogP contribution in [0.3, 0.4) is 0 Å². The minimum atomic E-state index is -0.872. The van der Waals surface area contributed by atoms with Crippen molar-refractivity contribution in [3.05, 3.63) is 40.7 Å². The monoisotopic (exact) mass is 341 g/mol. The summed E-state index contributed by atoms with van der Waals surface area (Å²) >= 11 is 0. The molecule has 0 spiro atoms. The van der Waals surface area contributed by atoms with Gasteiger partial charge >= 0.3 is 0 Å². The summed E-state index contributed by atoms with van der Waals surface area (Å²) in [5, 5.41) is 14.5. The highest BCUT2D eigenvalue weighted by Gasteiger charge is 2.21. The molecule has 1 aromatic heterocycles. The fourth-order valence-electron chi connectivity index (χ4n) is 1.95. The van der Waals surface area contributed by atoms with Crippen molar-refractivity contribution in [2.45, 2.75) is 13.2 Å². The average molecular weight is 341 g/mol. The van der Waals surface area contributed by atoms with Crippen LogP contribution >= 0.6 is 0 Å². The van der Waals surface area contributed by atoms with E-state index < -0.39 is 5.09 Å². The number of nitrogens with one attached hydrogen (secondary N) is 2. The summed E-state index contributed by atoms with van der Waals surface area (Å²) in [6, 6.07) is 5.64. The molecule has 1 amide bonds. The van der Waals surface area contributed by atoms with E-state index in [-0.39, 0.29) is 31.7 Å². The Balaban J connectivity index is 0.000000254. The Kier molecular flexibility index (Phi) is 9.46. The summed E-state index contributed by atoms with van der Waals surface area (Å²) in [7, 11) is 0. The first-order chi connectivity index (χ1) is 11.6. The van der Waals surface area contributed by atoms with Crippen LogP contribution in [0.5, 0.6) is 0 Å². The number of pyridine rings is 1. The third-order valence-electron chi connectivity index (χ3n) is 3.10. The van der Waals surface area contributed by atoms with Crippen LogP contribution in [0.1, 0.15) is 6.42 Å². The van der Waals surface area contributed by atoms with Gasteiger partial charge in [0.15, 0.2) is 12.4 Å². The van der Waals surface area contributed by atoms with Gasteiger partial charge in [-0.05, 0) is 13.0 Å². The molecule has 0 aromatic carbocycles. The standard InChI is InChI=1S/C7H13N3O4.C7H8NO2/c11-7(6-1-2-8-5-6)9-3-4-14-10(12)13;9-7-10-6-8-4-2-1-3-5-8/h6,8H,1-5H2,(H,9,11);1-5,7H,6H2/q;+1. The summed E-state index contributed by atoms with van der Waals surface area (Å²) in [5.74, 6) is -0.0763. The molecule has 2 rings (SSSR count). The maximum Gasteiger partial charge on any atom is 0.297 e. The number of ether oxygens (including phenoxy) is 1. The van der Waals surface area contributed by atoms with Crippen LogP contribution in [0.25, 0.3) is 0 Å². The fraction of sp³-hybridized carbons (Fsp3) is 0.500. The number of aromatic nitrogens is 1. The van der Waals surface area contributed by atoms with Crippen LogP contribution in [-0.2, 0) is 25.9 Å². The molecule has 1 aliphatic heterocycles. The van der Waals surface area contributed by atoms with E-state index in [1.807, 2.05) is 30.6 Å². The Morgan fingerprint density at radius 1 is 1.42 bits per heavy atom. The summed E-state index contributed by atoms with van der Waals surface area (Å²) in [6.45, 7) is 2.32. The van der Waals surface area contributed by atoms with Crippen molar-refractivity contribution in [1.82, 2.24) is 10.6 Å². The van der Waals surface area contributed by atoms with Gasteiger partial charge in [0.1, 0.15) is 6.61 Å². The fourth-order valence-corrected chi connectivity index (χ4v) is 1.95. The van der Waals surface area contributed by atoms with Crippen molar-refractivity contribution < 1.29 is 28.8 Å². The third-order valence-corrected chi connectivity index (χ3v) is 3.10. The van der Waals surface area contributed by atoms with Gasteiger partial charge in [-0.1, -0.05) is 6.07 Å². The molecule has 0 bridgehead atoms. The van der Waals surface area contributed by atoms with Crippen molar-refractivity contribution in [2.75, 3.05) is 26.2 Å². The van der Waals surface area contributed by atoms with Crippen molar-refractivity contribution >= 4 is 12.4 Å². The first-order valence-electron chi connectivity index (χ1n) is 7.38. The van der Waals surface area contributed by atoms with Gasteiger partial charge < -0.3 is 20.2 Å². The summed E-state index contributed by atoms with van der Waals surface area (Å²) in [5.41, 5.74) is 0. The number of amides is 1. The molecule has 132 valence electrons. The van der Waals surface area contributed by atoms with Gasteiger partial charge in [-0.2, -0.15) is 4.57 Å². The molecule has 0 aliphatic carbocycles. The largest absolute Gasteiger partial charge is 0.407 e. The molecule has 1 fully saturated rings. The minimum absolute atomic E-state index is 0.00870. The Hall–Kier alpha value is -2.75. The number of hydrogen-bond donors (Lipinski definition) is 2. The van der Waals surface area contributed by atoms with Crippen LogP contribution in [0.4, 0.5) is 0 Å². The highest BCUT2D eigenvalue weighted by molar-refractivity contribution is 5.79. The van der Waals surface area contributed by atoms with E-state index >= 15 is 0 Å². The smallest absolute Gasteiger partial charge is 0.297 e. The molecule has 1 atom stereocenters. The highest BCUT2D eigenvalue weighted by atomic mass is 16.9. The van der Waals surface area contributed by atoms with Crippen molar-refractivity contribution in [3.8, 4) is 0 Å². The number of nitrogens with zero attached hydrogens (tertiary/aromatic N) is 2. The molecule has 1 aliphatic rings. The second-order valence-corrected chi connectivity index (χ2v) is 4.82. The van der Waals surface area contributed by atoms with Crippen LogP contribution in [0.2, 0.25) is 0 Å². The Morgan fingerprint density at radius 2 is 2.17 bits per heavy atom. The molecule has 10 heteroatoms. The molecule has 1 saturated heterocycles. The zero-order valence-electron chi connectivity index (χ0n) is 13.1. The molecular formula is C14H21N4O6+. The molecule has 1 aromatic rings. The minimum Gasteiger partial charge on any atom is -0.407 e. The summed E-state index contributed by atoms with van der Waals surface area (Å²) in [6.07, 6.45) is 4.47. The van der Waals surface area contributed by atoms with E-state index in [1.54, 1.807) is 4.57 Å². The number of rotatable bonds is 8. The maximum atomic E-state index is 11.3. The zero-order valence-corrected chi connectivity index (χ0v) is 13.1. The van der Waals surface area contributed by atoms with E-state index in [0.717, 1.165) is 13.0 Å². The Morgan fingerprint density at radius 3 is 2.75 bits per heavy atom. The van der Waals surface area contributed by atoms with E-state index in [9.17, 15) is 19.7 Å². The summed E-state index contributed by atoms with van der Waals surface area (Å²) < 4.78 is 6.26. The van der Waals surface area contributed by atoms with Gasteiger partial charge in [0.05, 0.1) is 5.92 Å². The van der Waals surface area contributed by atoms with Gasteiger partial charge in [0.2, 0.25) is 5.91 Å². The lowest BCUT2D eigenvalue weighted by molar-refractivity contribution is -0.757. The van der Waals surface area contributed by atoms with Crippen LogP contribution < -0.4 is 15.2 Å². The van der Waals surface area contributed by atoms with E-state index in [1.165, 1.54) is 0 Å². The van der Waals surface area contributed by atoms with Crippen molar-refractivity contribution in [2.24, 2.45) is 5.92 Å². The SMILES string of the molecule is O=C(NCCO[N+](=O)[O-])C1CCNC1.O=COC[n+]1ccccc1. The molecule has 1 unspecified atom stereocenters. The zero-order chi connectivity index (χ0) is 17.6. The normalized spacial score (nSPS) is 15.6. The Bertz CT molecular complexity index is 507. The first-order valence-corrected chi connectivity index (χ1v) is 7.38. The van der Waals surface area contributed by atoms with Crippen molar-refractivity contribution in [3.63, 3.8) is 0 Å². The second kappa shape index (κ2) is 11.8. The van der Waals surface area contributed by atoms with Crippen molar-refractivity contribution in [1.29, 1.82) is 0 Å². The third kappa shape index (κ3) is 8.63. The van der Waals surface area contributed by atoms with Crippen LogP contribution in [-0.4, -0.2) is 43.7 Å². The average Bonchev–Trinajstić information content (AvgIpc) is 3.13. The van der Waals surface area contributed by atoms with E-state index in [0.29, 0.717) is 13.0 Å². The summed E-state index contributed by atoms with van der Waals surface area (Å²) in [4.78, 5) is 34.9. The molecule has 2 heterocycles. The van der Waals surface area contributed by atoms with Gasteiger partial charge in [-0.15, -0.1) is 10.1 Å². The molecule has 10 nitrogen and oxygen atoms in total. The highest BCUT2D eigenvalue weighted by Crippen LogP contribution is 2.06. The lowest BCUT2D eigenvalue weighted by Gasteiger charge is -2.08. The topological polar surface area (TPSA) is 124 Å². The molecule has 0 saturated carbocycles. The predicted molar refractivity (Wildman–Crippen MR) is 80.7 cm³/mol. The molecule has 2 N–H and O–H groups in total. The molecule has 24 heavy (non-hydrogen) atoms. The molecule has 0 radical (unpaired) electrons. The number of carbonyl (C=O) groups excluding carboxylic acids is 2. The van der Waals surface area contributed by atoms with Gasteiger partial charge in [-0.3, -0.25) is 9.59 Å². The lowest BCUT2D eigenvalue weighted by Crippen LogP contribution is -2.34. The number of carbonyl (C=O) groups is 2. The second-order valence-electron chi connectivity index (χ2n) is 4.82. The van der Waals surface area contributed by atoms with Crippen LogP contribution in [0, 0.1) is 16.0 Å². The van der Waals surface area contributed by atoms with Gasteiger partial charge in [0, 0.05) is 25.2 Å². The van der Waals surface area contributed by atoms with E-state index in [4.69, 9.17) is 0 Å². The van der Waals surface area contributed by atoms with E-state index in [2.05, 4.69) is 20.2 Å². The van der Waals surface area contributed by atoms with Gasteiger partial charge in [-0.25, -0.2) is 0 Å². The first kappa shape index (κ1) is 19.3. The van der Waals surface area contributed by atoms with Gasteiger partial charge in [0.25, 0.3) is 18.3 Å². The maximum absolute atomic E-state index is 11.3. The lowest BCUT2D eigenvalue weighted by atomic mass is 10.1. The quantitative estimate of drug-likeness (QED) is 0.205. The number of hydrogen-bond acceptors (Lipinski definition) is 7.